The minimum atomic E-state index is -0.792. The van der Waals surface area contributed by atoms with E-state index in [1.54, 1.807) is 6.92 Å². The third kappa shape index (κ3) is 4.85. The number of ether oxygens (including phenoxy) is 2. The fourth-order valence-corrected chi connectivity index (χ4v) is 2.42. The average molecular weight is 388 g/mol. The summed E-state index contributed by atoms with van der Waals surface area (Å²) >= 11 is 0. The number of benzene rings is 2. The van der Waals surface area contributed by atoms with Crippen molar-refractivity contribution in [2.45, 2.75) is 6.92 Å². The maximum absolute atomic E-state index is 13.6. The SMILES string of the molecule is CCOC(=O)COc1cc(-c2ccc(F)cc2)nc(-c2cc(F)cc(F)c2)n1. The second-order valence-electron chi connectivity index (χ2n) is 5.67. The highest BCUT2D eigenvalue weighted by Gasteiger charge is 2.13. The van der Waals surface area contributed by atoms with E-state index in [1.807, 2.05) is 0 Å². The summed E-state index contributed by atoms with van der Waals surface area (Å²) in [4.78, 5) is 19.9. The van der Waals surface area contributed by atoms with Crippen LogP contribution in [0.2, 0.25) is 0 Å². The number of hydrogen-bond acceptors (Lipinski definition) is 5. The molecule has 2 aromatic carbocycles. The van der Waals surface area contributed by atoms with E-state index in [9.17, 15) is 18.0 Å². The molecule has 0 bridgehead atoms. The molecule has 0 aliphatic carbocycles. The van der Waals surface area contributed by atoms with Crippen LogP contribution in [0, 0.1) is 17.5 Å². The van der Waals surface area contributed by atoms with E-state index in [4.69, 9.17) is 9.47 Å². The van der Waals surface area contributed by atoms with Gasteiger partial charge in [-0.2, -0.15) is 4.98 Å². The molecule has 144 valence electrons. The lowest BCUT2D eigenvalue weighted by Gasteiger charge is -2.10. The highest BCUT2D eigenvalue weighted by atomic mass is 19.1. The predicted octanol–water partition coefficient (Wildman–Crippen LogP) is 4.17. The molecule has 3 rings (SSSR count). The summed E-state index contributed by atoms with van der Waals surface area (Å²) in [7, 11) is 0. The zero-order valence-electron chi connectivity index (χ0n) is 14.8. The first kappa shape index (κ1) is 19.3. The molecule has 1 aromatic heterocycles. The van der Waals surface area contributed by atoms with Crippen molar-refractivity contribution in [2.75, 3.05) is 13.2 Å². The van der Waals surface area contributed by atoms with Gasteiger partial charge in [0.2, 0.25) is 5.88 Å². The molecule has 0 aliphatic rings. The summed E-state index contributed by atoms with van der Waals surface area (Å²) in [6, 6.07) is 9.78. The quantitative estimate of drug-likeness (QED) is 0.593. The Kier molecular flexibility index (Phi) is 5.88. The monoisotopic (exact) mass is 388 g/mol. The molecule has 1 heterocycles. The maximum Gasteiger partial charge on any atom is 0.344 e. The summed E-state index contributed by atoms with van der Waals surface area (Å²) in [5, 5.41) is 0. The highest BCUT2D eigenvalue weighted by molar-refractivity contribution is 5.71. The van der Waals surface area contributed by atoms with Gasteiger partial charge in [-0.15, -0.1) is 0 Å². The molecule has 0 unspecified atom stereocenters. The van der Waals surface area contributed by atoms with Crippen LogP contribution in [0.1, 0.15) is 6.92 Å². The molecule has 0 spiro atoms. The lowest BCUT2D eigenvalue weighted by Crippen LogP contribution is -2.15. The van der Waals surface area contributed by atoms with Crippen molar-refractivity contribution >= 4 is 5.97 Å². The zero-order chi connectivity index (χ0) is 20.1. The van der Waals surface area contributed by atoms with Crippen LogP contribution in [0.15, 0.2) is 48.5 Å². The van der Waals surface area contributed by atoms with Crippen molar-refractivity contribution < 1.29 is 27.4 Å². The van der Waals surface area contributed by atoms with Crippen LogP contribution in [0.25, 0.3) is 22.6 Å². The van der Waals surface area contributed by atoms with Crippen LogP contribution < -0.4 is 4.74 Å². The Hall–Kier alpha value is -3.42. The van der Waals surface area contributed by atoms with E-state index in [2.05, 4.69) is 9.97 Å². The first-order valence-electron chi connectivity index (χ1n) is 8.34. The predicted molar refractivity (Wildman–Crippen MR) is 94.9 cm³/mol. The Morgan fingerprint density at radius 3 is 2.21 bits per heavy atom. The van der Waals surface area contributed by atoms with Gasteiger partial charge in [-0.25, -0.2) is 22.9 Å². The van der Waals surface area contributed by atoms with Crippen LogP contribution in [0.5, 0.6) is 5.88 Å². The average Bonchev–Trinajstić information content (AvgIpc) is 2.66. The first-order chi connectivity index (χ1) is 13.4. The molecule has 0 amide bonds. The normalized spacial score (nSPS) is 10.6. The third-order valence-electron chi connectivity index (χ3n) is 3.61. The summed E-state index contributed by atoms with van der Waals surface area (Å²) in [5.41, 5.74) is 0.943. The van der Waals surface area contributed by atoms with Gasteiger partial charge in [0.25, 0.3) is 0 Å². The number of rotatable bonds is 6. The van der Waals surface area contributed by atoms with Crippen molar-refractivity contribution in [3.8, 4) is 28.5 Å². The van der Waals surface area contributed by atoms with Gasteiger partial charge >= 0.3 is 5.97 Å². The molecule has 3 aromatic rings. The topological polar surface area (TPSA) is 61.3 Å². The van der Waals surface area contributed by atoms with Gasteiger partial charge < -0.3 is 9.47 Å². The molecule has 0 saturated carbocycles. The fraction of sp³-hybridized carbons (Fsp3) is 0.150. The maximum atomic E-state index is 13.6. The molecule has 8 heteroatoms. The van der Waals surface area contributed by atoms with E-state index < -0.39 is 30.0 Å². The number of halogens is 3. The van der Waals surface area contributed by atoms with Crippen molar-refractivity contribution in [2.24, 2.45) is 0 Å². The van der Waals surface area contributed by atoms with Crippen LogP contribution in [0.4, 0.5) is 13.2 Å². The number of aromatic nitrogens is 2. The standard InChI is InChI=1S/C20H15F3N2O3/c1-2-27-19(26)11-28-18-10-17(12-3-5-14(21)6-4-12)24-20(25-18)13-7-15(22)9-16(23)8-13/h3-10H,2,11H2,1H3. The fourth-order valence-electron chi connectivity index (χ4n) is 2.42. The summed E-state index contributed by atoms with van der Waals surface area (Å²) < 4.78 is 50.5. The lowest BCUT2D eigenvalue weighted by atomic mass is 10.1. The second kappa shape index (κ2) is 8.51. The van der Waals surface area contributed by atoms with Crippen molar-refractivity contribution in [1.29, 1.82) is 0 Å². The Bertz CT molecular complexity index is 974. The number of esters is 1. The van der Waals surface area contributed by atoms with E-state index in [0.717, 1.165) is 18.2 Å². The molecule has 0 atom stereocenters. The minimum Gasteiger partial charge on any atom is -0.466 e. The van der Waals surface area contributed by atoms with Gasteiger partial charge in [0.1, 0.15) is 17.5 Å². The smallest absolute Gasteiger partial charge is 0.344 e. The molecule has 0 aliphatic heterocycles. The molecular formula is C20H15F3N2O3. The molecule has 0 fully saturated rings. The summed E-state index contributed by atoms with van der Waals surface area (Å²) in [6.45, 7) is 1.46. The van der Waals surface area contributed by atoms with Crippen LogP contribution in [-0.4, -0.2) is 29.2 Å². The van der Waals surface area contributed by atoms with Crippen LogP contribution >= 0.6 is 0 Å². The molecule has 0 saturated heterocycles. The largest absolute Gasteiger partial charge is 0.466 e. The van der Waals surface area contributed by atoms with E-state index in [1.165, 1.54) is 30.3 Å². The van der Waals surface area contributed by atoms with Gasteiger partial charge in [0.05, 0.1) is 12.3 Å². The van der Waals surface area contributed by atoms with Gasteiger partial charge in [-0.1, -0.05) is 0 Å². The van der Waals surface area contributed by atoms with Crippen molar-refractivity contribution in [1.82, 2.24) is 9.97 Å². The zero-order valence-corrected chi connectivity index (χ0v) is 14.8. The summed E-state index contributed by atoms with van der Waals surface area (Å²) in [5.74, 6) is -2.62. The Labute approximate surface area is 158 Å². The van der Waals surface area contributed by atoms with Crippen molar-refractivity contribution in [3.05, 3.63) is 66.0 Å². The number of carbonyl (C=O) groups excluding carboxylic acids is 1. The van der Waals surface area contributed by atoms with E-state index in [0.29, 0.717) is 11.3 Å². The highest BCUT2D eigenvalue weighted by Crippen LogP contribution is 2.26. The van der Waals surface area contributed by atoms with Gasteiger partial charge in [0.15, 0.2) is 12.4 Å². The molecular weight excluding hydrogens is 373 g/mol. The molecule has 28 heavy (non-hydrogen) atoms. The van der Waals surface area contributed by atoms with Gasteiger partial charge in [-0.05, 0) is 43.3 Å². The minimum absolute atomic E-state index is 0.00190. The van der Waals surface area contributed by atoms with Crippen LogP contribution in [0.3, 0.4) is 0 Å². The first-order valence-corrected chi connectivity index (χ1v) is 8.34. The Morgan fingerprint density at radius 1 is 0.893 bits per heavy atom. The lowest BCUT2D eigenvalue weighted by molar-refractivity contribution is -0.145. The number of carbonyl (C=O) groups is 1. The van der Waals surface area contributed by atoms with Crippen molar-refractivity contribution in [3.63, 3.8) is 0 Å². The molecule has 5 nitrogen and oxygen atoms in total. The van der Waals surface area contributed by atoms with Gasteiger partial charge in [-0.3, -0.25) is 0 Å². The molecule has 0 N–H and O–H groups in total. The second-order valence-corrected chi connectivity index (χ2v) is 5.67. The Morgan fingerprint density at radius 2 is 1.57 bits per heavy atom. The van der Waals surface area contributed by atoms with Gasteiger partial charge in [0, 0.05) is 23.3 Å². The third-order valence-corrected chi connectivity index (χ3v) is 3.61. The van der Waals surface area contributed by atoms with E-state index >= 15 is 0 Å². The van der Waals surface area contributed by atoms with Crippen LogP contribution in [-0.2, 0) is 9.53 Å². The Balaban J connectivity index is 2.02. The number of nitrogens with zero attached hydrogens (tertiary/aromatic N) is 2. The molecule has 0 radical (unpaired) electrons. The number of hydrogen-bond donors (Lipinski definition) is 0. The summed E-state index contributed by atoms with van der Waals surface area (Å²) in [6.07, 6.45) is 0. The van der Waals surface area contributed by atoms with E-state index in [-0.39, 0.29) is 23.9 Å².